The summed E-state index contributed by atoms with van der Waals surface area (Å²) in [6, 6.07) is 3.28. The third-order valence-corrected chi connectivity index (χ3v) is 5.43. The molecule has 116 valence electrons. The summed E-state index contributed by atoms with van der Waals surface area (Å²) in [6.07, 6.45) is -0.00756. The molecule has 0 heterocycles. The van der Waals surface area contributed by atoms with Crippen molar-refractivity contribution < 1.29 is 17.2 Å². The molecular formula is C13H15BrF2N2O2S. The Morgan fingerprint density at radius 3 is 2.48 bits per heavy atom. The average Bonchev–Trinajstić information content (AvgIpc) is 2.32. The van der Waals surface area contributed by atoms with Crippen molar-refractivity contribution in [1.82, 2.24) is 4.31 Å². The Morgan fingerprint density at radius 1 is 1.38 bits per heavy atom. The summed E-state index contributed by atoms with van der Waals surface area (Å²) >= 11 is 2.89. The van der Waals surface area contributed by atoms with Gasteiger partial charge < -0.3 is 0 Å². The van der Waals surface area contributed by atoms with Crippen molar-refractivity contribution in [3.63, 3.8) is 0 Å². The van der Waals surface area contributed by atoms with Gasteiger partial charge in [0.2, 0.25) is 10.0 Å². The maximum Gasteiger partial charge on any atom is 0.247 e. The third-order valence-electron chi connectivity index (χ3n) is 2.60. The normalized spacial score (nSPS) is 11.9. The molecule has 8 heteroatoms. The summed E-state index contributed by atoms with van der Waals surface area (Å²) < 4.78 is 52.9. The summed E-state index contributed by atoms with van der Waals surface area (Å²) in [5, 5.41) is 8.63. The van der Waals surface area contributed by atoms with Gasteiger partial charge in [-0.05, 0) is 27.9 Å². The molecule has 4 nitrogen and oxygen atoms in total. The van der Waals surface area contributed by atoms with Crippen molar-refractivity contribution in [3.8, 4) is 6.07 Å². The molecule has 0 N–H and O–H groups in total. The number of nitriles is 1. The molecule has 0 aliphatic rings. The van der Waals surface area contributed by atoms with E-state index in [1.165, 1.54) is 0 Å². The van der Waals surface area contributed by atoms with Gasteiger partial charge in [-0.15, -0.1) is 0 Å². The van der Waals surface area contributed by atoms with Crippen molar-refractivity contribution in [1.29, 1.82) is 5.26 Å². The molecule has 0 bridgehead atoms. The summed E-state index contributed by atoms with van der Waals surface area (Å²) in [6.45, 7) is 3.73. The van der Waals surface area contributed by atoms with Crippen LogP contribution in [0.25, 0.3) is 0 Å². The molecular weight excluding hydrogens is 366 g/mol. The lowest BCUT2D eigenvalue weighted by molar-refractivity contribution is 0.370. The zero-order valence-corrected chi connectivity index (χ0v) is 14.0. The van der Waals surface area contributed by atoms with Gasteiger partial charge in [-0.3, -0.25) is 0 Å². The van der Waals surface area contributed by atoms with Gasteiger partial charge >= 0.3 is 0 Å². The fraction of sp³-hybridized carbons (Fsp3) is 0.462. The zero-order chi connectivity index (χ0) is 16.2. The van der Waals surface area contributed by atoms with Gasteiger partial charge in [0.25, 0.3) is 0 Å². The first-order chi connectivity index (χ1) is 9.70. The standard InChI is InChI=1S/C13H15BrF2N2O2S/c1-9(2)8-18(5-3-4-17)21(19,20)13-11(14)6-10(15)7-12(13)16/h6-7,9H,3,5,8H2,1-2H3. The predicted molar refractivity (Wildman–Crippen MR) is 77.9 cm³/mol. The second-order valence-electron chi connectivity index (χ2n) is 4.86. The fourth-order valence-electron chi connectivity index (χ4n) is 1.80. The molecule has 0 unspecified atom stereocenters. The predicted octanol–water partition coefficient (Wildman–Crippen LogP) is 3.29. The van der Waals surface area contributed by atoms with E-state index in [-0.39, 0.29) is 29.9 Å². The highest BCUT2D eigenvalue weighted by Gasteiger charge is 2.30. The number of sulfonamides is 1. The van der Waals surface area contributed by atoms with E-state index in [4.69, 9.17) is 5.26 Å². The van der Waals surface area contributed by atoms with E-state index in [9.17, 15) is 17.2 Å². The quantitative estimate of drug-likeness (QED) is 0.760. The minimum atomic E-state index is -4.15. The maximum absolute atomic E-state index is 13.9. The van der Waals surface area contributed by atoms with Crippen LogP contribution in [0, 0.1) is 28.9 Å². The molecule has 0 spiro atoms. The maximum atomic E-state index is 13.9. The van der Waals surface area contributed by atoms with Crippen LogP contribution in [0.2, 0.25) is 0 Å². The molecule has 0 saturated heterocycles. The molecule has 21 heavy (non-hydrogen) atoms. The Morgan fingerprint density at radius 2 is 2.00 bits per heavy atom. The van der Waals surface area contributed by atoms with Gasteiger partial charge in [-0.25, -0.2) is 17.2 Å². The van der Waals surface area contributed by atoms with Crippen LogP contribution in [0.3, 0.4) is 0 Å². The molecule has 0 aliphatic carbocycles. The van der Waals surface area contributed by atoms with Gasteiger partial charge in [0.15, 0.2) is 0 Å². The molecule has 0 atom stereocenters. The summed E-state index contributed by atoms with van der Waals surface area (Å²) in [5.41, 5.74) is 0. The number of halogens is 3. The first-order valence-corrected chi connectivity index (χ1v) is 8.45. The fourth-order valence-corrected chi connectivity index (χ4v) is 4.51. The monoisotopic (exact) mass is 380 g/mol. The Balaban J connectivity index is 3.32. The van der Waals surface area contributed by atoms with E-state index < -0.39 is 26.6 Å². The van der Waals surface area contributed by atoms with Crippen molar-refractivity contribution in [2.24, 2.45) is 5.92 Å². The SMILES string of the molecule is CC(C)CN(CCC#N)S(=O)(=O)c1c(F)cc(F)cc1Br. The lowest BCUT2D eigenvalue weighted by Gasteiger charge is -2.23. The van der Waals surface area contributed by atoms with Gasteiger partial charge in [-0.2, -0.15) is 9.57 Å². The van der Waals surface area contributed by atoms with E-state index >= 15 is 0 Å². The first kappa shape index (κ1) is 18.0. The zero-order valence-electron chi connectivity index (χ0n) is 11.6. The largest absolute Gasteiger partial charge is 0.247 e. The van der Waals surface area contributed by atoms with Crippen LogP contribution >= 0.6 is 15.9 Å². The summed E-state index contributed by atoms with van der Waals surface area (Å²) in [4.78, 5) is -0.609. The number of benzene rings is 1. The van der Waals surface area contributed by atoms with Crippen LogP contribution < -0.4 is 0 Å². The van der Waals surface area contributed by atoms with Crippen molar-refractivity contribution in [2.75, 3.05) is 13.1 Å². The minimum Gasteiger partial charge on any atom is -0.207 e. The average molecular weight is 381 g/mol. The van der Waals surface area contributed by atoms with Crippen LogP contribution in [0.4, 0.5) is 8.78 Å². The van der Waals surface area contributed by atoms with E-state index in [0.29, 0.717) is 6.07 Å². The van der Waals surface area contributed by atoms with E-state index in [1.54, 1.807) is 0 Å². The molecule has 0 saturated carbocycles. The highest BCUT2D eigenvalue weighted by Crippen LogP contribution is 2.29. The van der Waals surface area contributed by atoms with E-state index in [2.05, 4.69) is 15.9 Å². The Bertz CT molecular complexity index is 634. The third kappa shape index (κ3) is 4.46. The smallest absolute Gasteiger partial charge is 0.207 e. The summed E-state index contributed by atoms with van der Waals surface area (Å²) in [5.74, 6) is -2.03. The number of rotatable bonds is 6. The van der Waals surface area contributed by atoms with Gasteiger partial charge in [0.1, 0.15) is 16.5 Å². The van der Waals surface area contributed by atoms with Crippen LogP contribution in [-0.4, -0.2) is 25.8 Å². The molecule has 0 amide bonds. The lowest BCUT2D eigenvalue weighted by Crippen LogP contribution is -2.35. The van der Waals surface area contributed by atoms with Crippen LogP contribution in [0.15, 0.2) is 21.5 Å². The van der Waals surface area contributed by atoms with Crippen molar-refractivity contribution in [3.05, 3.63) is 28.2 Å². The molecule has 0 fully saturated rings. The van der Waals surface area contributed by atoms with Gasteiger partial charge in [0, 0.05) is 30.0 Å². The topological polar surface area (TPSA) is 61.2 Å². The van der Waals surface area contributed by atoms with Crippen molar-refractivity contribution >= 4 is 26.0 Å². The summed E-state index contributed by atoms with van der Waals surface area (Å²) in [7, 11) is -4.15. The molecule has 1 rings (SSSR count). The van der Waals surface area contributed by atoms with Crippen LogP contribution in [0.5, 0.6) is 0 Å². The van der Waals surface area contributed by atoms with Gasteiger partial charge in [-0.1, -0.05) is 13.8 Å². The van der Waals surface area contributed by atoms with Crippen LogP contribution in [0.1, 0.15) is 20.3 Å². The Labute approximate surface area is 131 Å². The number of hydrogen-bond donors (Lipinski definition) is 0. The molecule has 0 aliphatic heterocycles. The van der Waals surface area contributed by atoms with E-state index in [0.717, 1.165) is 10.4 Å². The molecule has 1 aromatic carbocycles. The number of hydrogen-bond acceptors (Lipinski definition) is 3. The van der Waals surface area contributed by atoms with Crippen molar-refractivity contribution in [2.45, 2.75) is 25.2 Å². The Hall–Kier alpha value is -1.04. The first-order valence-electron chi connectivity index (χ1n) is 6.21. The molecule has 0 radical (unpaired) electrons. The van der Waals surface area contributed by atoms with E-state index in [1.807, 2.05) is 19.9 Å². The minimum absolute atomic E-state index is 0.000697. The number of nitrogens with zero attached hydrogens (tertiary/aromatic N) is 2. The Kier molecular flexibility index (Phi) is 6.25. The van der Waals surface area contributed by atoms with Gasteiger partial charge in [0.05, 0.1) is 6.07 Å². The molecule has 1 aromatic rings. The molecule has 0 aromatic heterocycles. The van der Waals surface area contributed by atoms with Crippen LogP contribution in [-0.2, 0) is 10.0 Å². The second kappa shape index (κ2) is 7.29. The highest BCUT2D eigenvalue weighted by atomic mass is 79.9. The lowest BCUT2D eigenvalue weighted by atomic mass is 10.2. The highest BCUT2D eigenvalue weighted by molar-refractivity contribution is 9.10. The second-order valence-corrected chi connectivity index (χ2v) is 7.59.